The number of halogens is 1. The predicted octanol–water partition coefficient (Wildman–Crippen LogP) is 13.3. The van der Waals surface area contributed by atoms with Gasteiger partial charge in [0.15, 0.2) is 0 Å². The lowest BCUT2D eigenvalue weighted by atomic mass is 10.1. The standard InChI is InChI=1S/C24H18N2.C18H12BrN.C6H7N/c1-3-10-18(11-4-1)25-21-15-9-17-23-24(21)20-14-7-8-16-22(20)26(23)19-12-5-2-6-13-19;19-15-10-6-12-17-18(15)14-9-4-5-11-16(14)20(17)13-7-2-1-3-8-13;7-6-4-2-1-3-5-6/h1-17,25H;1-12H;1-5H,7H2. The monoisotopic (exact) mass is 748 g/mol. The zero-order valence-corrected chi connectivity index (χ0v) is 30.6. The van der Waals surface area contributed by atoms with E-state index in [9.17, 15) is 0 Å². The SMILES string of the molecule is Brc1cccc2c1c1ccccc1n2-c1ccccc1.Nc1ccccc1.c1ccc(Nc2cccc3c2c2ccccc2n3-c2ccccc2)cc1. The van der Waals surface area contributed by atoms with Crippen LogP contribution in [-0.4, -0.2) is 9.13 Å². The molecule has 0 aliphatic carbocycles. The number of nitrogen functional groups attached to an aromatic ring is 1. The molecule has 256 valence electrons. The fraction of sp³-hybridized carbons (Fsp3) is 0. The van der Waals surface area contributed by atoms with Gasteiger partial charge in [0.2, 0.25) is 0 Å². The highest BCUT2D eigenvalue weighted by Gasteiger charge is 2.15. The summed E-state index contributed by atoms with van der Waals surface area (Å²) in [6.45, 7) is 0. The van der Waals surface area contributed by atoms with Crippen LogP contribution < -0.4 is 11.1 Å². The molecule has 5 heteroatoms. The molecule has 0 spiro atoms. The van der Waals surface area contributed by atoms with E-state index in [0.717, 1.165) is 21.5 Å². The van der Waals surface area contributed by atoms with E-state index >= 15 is 0 Å². The van der Waals surface area contributed by atoms with E-state index in [-0.39, 0.29) is 0 Å². The molecule has 0 aliphatic heterocycles. The van der Waals surface area contributed by atoms with Crippen molar-refractivity contribution in [1.82, 2.24) is 9.13 Å². The van der Waals surface area contributed by atoms with Crippen LogP contribution in [0.4, 0.5) is 17.1 Å². The molecule has 0 unspecified atom stereocenters. The summed E-state index contributed by atoms with van der Waals surface area (Å²) >= 11 is 3.69. The number of hydrogen-bond donors (Lipinski definition) is 2. The second kappa shape index (κ2) is 15.4. The molecule has 10 rings (SSSR count). The van der Waals surface area contributed by atoms with Crippen LogP contribution in [0.2, 0.25) is 0 Å². The first-order valence-electron chi connectivity index (χ1n) is 17.6. The molecule has 10 aromatic rings. The molecule has 53 heavy (non-hydrogen) atoms. The lowest BCUT2D eigenvalue weighted by molar-refractivity contribution is 1.18. The summed E-state index contributed by atoms with van der Waals surface area (Å²) < 4.78 is 5.79. The Morgan fingerprint density at radius 1 is 0.377 bits per heavy atom. The van der Waals surface area contributed by atoms with E-state index in [0.29, 0.717) is 0 Å². The minimum absolute atomic E-state index is 0.822. The van der Waals surface area contributed by atoms with Gasteiger partial charge in [0.25, 0.3) is 0 Å². The molecule has 0 amide bonds. The number of benzene rings is 8. The average Bonchev–Trinajstić information content (AvgIpc) is 3.74. The molecule has 8 aromatic carbocycles. The van der Waals surface area contributed by atoms with Gasteiger partial charge >= 0.3 is 0 Å². The van der Waals surface area contributed by atoms with Crippen LogP contribution in [0.25, 0.3) is 55.0 Å². The summed E-state index contributed by atoms with van der Waals surface area (Å²) in [7, 11) is 0. The van der Waals surface area contributed by atoms with Crippen LogP contribution in [0.5, 0.6) is 0 Å². The molecule has 4 nitrogen and oxygen atoms in total. The van der Waals surface area contributed by atoms with Gasteiger partial charge in [0.1, 0.15) is 0 Å². The molecule has 0 atom stereocenters. The van der Waals surface area contributed by atoms with E-state index in [1.165, 1.54) is 55.0 Å². The quantitative estimate of drug-likeness (QED) is 0.176. The van der Waals surface area contributed by atoms with E-state index in [1.807, 2.05) is 42.5 Å². The van der Waals surface area contributed by atoms with Gasteiger partial charge in [0, 0.05) is 54.5 Å². The van der Waals surface area contributed by atoms with Crippen molar-refractivity contribution in [2.45, 2.75) is 0 Å². The fourth-order valence-corrected chi connectivity index (χ4v) is 7.51. The van der Waals surface area contributed by atoms with E-state index in [2.05, 4.69) is 194 Å². The van der Waals surface area contributed by atoms with Crippen molar-refractivity contribution in [1.29, 1.82) is 0 Å². The van der Waals surface area contributed by atoms with Crippen LogP contribution in [0.1, 0.15) is 0 Å². The molecule has 2 aromatic heterocycles. The third-order valence-corrected chi connectivity index (χ3v) is 9.89. The summed E-state index contributed by atoms with van der Waals surface area (Å²) in [5.74, 6) is 0. The van der Waals surface area contributed by atoms with Crippen molar-refractivity contribution in [2.75, 3.05) is 11.1 Å². The zero-order valence-electron chi connectivity index (χ0n) is 29.0. The Balaban J connectivity index is 0.000000131. The molecular weight excluding hydrogens is 712 g/mol. The number of aromatic nitrogens is 2. The Morgan fingerprint density at radius 3 is 1.32 bits per heavy atom. The lowest BCUT2D eigenvalue weighted by Gasteiger charge is -2.10. The van der Waals surface area contributed by atoms with Gasteiger partial charge in [-0.2, -0.15) is 0 Å². The Morgan fingerprint density at radius 2 is 0.792 bits per heavy atom. The Kier molecular flexibility index (Phi) is 9.73. The molecule has 0 saturated carbocycles. The first-order valence-corrected chi connectivity index (χ1v) is 18.4. The number of nitrogens with two attached hydrogens (primary N) is 1. The number of anilines is 3. The average molecular weight is 750 g/mol. The minimum atomic E-state index is 0.822. The van der Waals surface area contributed by atoms with Gasteiger partial charge < -0.3 is 20.2 Å². The number of rotatable bonds is 4. The smallest absolute Gasteiger partial charge is 0.0562 e. The summed E-state index contributed by atoms with van der Waals surface area (Å²) in [5, 5.41) is 8.64. The Bertz CT molecular complexity index is 2760. The maximum Gasteiger partial charge on any atom is 0.0562 e. The van der Waals surface area contributed by atoms with E-state index < -0.39 is 0 Å². The first kappa shape index (κ1) is 33.6. The number of nitrogens with one attached hydrogen (secondary N) is 1. The van der Waals surface area contributed by atoms with E-state index in [4.69, 9.17) is 5.73 Å². The third kappa shape index (κ3) is 6.90. The van der Waals surface area contributed by atoms with Gasteiger partial charge in [-0.3, -0.25) is 0 Å². The number of hydrogen-bond acceptors (Lipinski definition) is 2. The van der Waals surface area contributed by atoms with Gasteiger partial charge in [0.05, 0.1) is 22.1 Å². The number of fused-ring (bicyclic) bond motifs is 6. The molecular formula is C48H37BrN4. The van der Waals surface area contributed by atoms with Crippen LogP contribution in [0, 0.1) is 0 Å². The number of nitrogens with zero attached hydrogens (tertiary/aromatic N) is 2. The van der Waals surface area contributed by atoms with Crippen LogP contribution in [-0.2, 0) is 0 Å². The Hall–Kier alpha value is -6.56. The van der Waals surface area contributed by atoms with Gasteiger partial charge in [-0.15, -0.1) is 0 Å². The van der Waals surface area contributed by atoms with Crippen LogP contribution in [0.3, 0.4) is 0 Å². The maximum atomic E-state index is 5.36. The largest absolute Gasteiger partial charge is 0.399 e. The van der Waals surface area contributed by atoms with Gasteiger partial charge in [-0.25, -0.2) is 0 Å². The van der Waals surface area contributed by atoms with Gasteiger partial charge in [-0.05, 0) is 84.9 Å². The summed E-state index contributed by atoms with van der Waals surface area (Å²) in [6, 6.07) is 70.8. The summed E-state index contributed by atoms with van der Waals surface area (Å²) in [6.07, 6.45) is 0. The first-order chi connectivity index (χ1) is 26.2. The van der Waals surface area contributed by atoms with Crippen molar-refractivity contribution in [3.05, 3.63) is 211 Å². The number of para-hydroxylation sites is 6. The highest BCUT2D eigenvalue weighted by atomic mass is 79.9. The molecule has 0 radical (unpaired) electrons. The van der Waals surface area contributed by atoms with Crippen LogP contribution in [0.15, 0.2) is 211 Å². The summed E-state index contributed by atoms with van der Waals surface area (Å²) in [4.78, 5) is 0. The topological polar surface area (TPSA) is 47.9 Å². The predicted molar refractivity (Wildman–Crippen MR) is 230 cm³/mol. The second-order valence-corrected chi connectivity index (χ2v) is 13.5. The molecule has 2 heterocycles. The van der Waals surface area contributed by atoms with Crippen LogP contribution >= 0.6 is 15.9 Å². The minimum Gasteiger partial charge on any atom is -0.399 e. The molecule has 0 saturated heterocycles. The molecule has 3 N–H and O–H groups in total. The Labute approximate surface area is 317 Å². The third-order valence-electron chi connectivity index (χ3n) is 9.23. The van der Waals surface area contributed by atoms with Crippen molar-refractivity contribution in [3.8, 4) is 11.4 Å². The molecule has 0 fully saturated rings. The highest BCUT2D eigenvalue weighted by Crippen LogP contribution is 2.38. The van der Waals surface area contributed by atoms with Crippen molar-refractivity contribution in [3.63, 3.8) is 0 Å². The zero-order chi connectivity index (χ0) is 36.0. The van der Waals surface area contributed by atoms with Crippen molar-refractivity contribution >= 4 is 76.6 Å². The second-order valence-electron chi connectivity index (χ2n) is 12.6. The maximum absolute atomic E-state index is 5.36. The molecule has 0 bridgehead atoms. The normalized spacial score (nSPS) is 10.8. The van der Waals surface area contributed by atoms with Crippen molar-refractivity contribution < 1.29 is 0 Å². The molecule has 0 aliphatic rings. The highest BCUT2D eigenvalue weighted by molar-refractivity contribution is 9.10. The van der Waals surface area contributed by atoms with Crippen molar-refractivity contribution in [2.24, 2.45) is 0 Å². The fourth-order valence-electron chi connectivity index (χ4n) is 6.94. The summed E-state index contributed by atoms with van der Waals surface area (Å²) in [5.41, 5.74) is 15.7. The van der Waals surface area contributed by atoms with E-state index in [1.54, 1.807) is 0 Å². The van der Waals surface area contributed by atoms with Gasteiger partial charge in [-0.1, -0.05) is 137 Å². The lowest BCUT2D eigenvalue weighted by Crippen LogP contribution is -1.94.